The van der Waals surface area contributed by atoms with E-state index in [1.54, 1.807) is 30.3 Å². The Morgan fingerprint density at radius 2 is 1.55 bits per heavy atom. The van der Waals surface area contributed by atoms with Crippen LogP contribution in [0, 0.1) is 0 Å². The molecule has 0 N–H and O–H groups in total. The average molecular weight is 408 g/mol. The smallest absolute Gasteiger partial charge is 0.289 e. The molecular weight excluding hydrogens is 401 g/mol. The highest BCUT2D eigenvalue weighted by atomic mass is 79.9. The first-order chi connectivity index (χ1) is 9.32. The molecule has 0 aromatic heterocycles. The minimum atomic E-state index is -4.52. The largest absolute Gasteiger partial charge is 0.417 e. The van der Waals surface area contributed by atoms with E-state index in [0.29, 0.717) is 10.0 Å². The van der Waals surface area contributed by atoms with Crippen LogP contribution in [0.25, 0.3) is 0 Å². The summed E-state index contributed by atoms with van der Waals surface area (Å²) < 4.78 is 38.7. The SMILES string of the molecule is O=C(c1ccccc1)c1c(Br)ccc(C(F)(F)F)c1Br. The molecule has 0 bridgehead atoms. The Hall–Kier alpha value is -1.14. The van der Waals surface area contributed by atoms with Crippen LogP contribution < -0.4 is 0 Å². The molecule has 0 saturated carbocycles. The summed E-state index contributed by atoms with van der Waals surface area (Å²) in [4.78, 5) is 12.3. The summed E-state index contributed by atoms with van der Waals surface area (Å²) in [5.41, 5.74) is -0.584. The standard InChI is InChI=1S/C14H7Br2F3O/c15-10-7-6-9(14(17,18)19)12(16)11(10)13(20)8-4-2-1-3-5-8/h1-7H. The fraction of sp³-hybridized carbons (Fsp3) is 0.0714. The number of rotatable bonds is 2. The molecule has 6 heteroatoms. The van der Waals surface area contributed by atoms with Crippen molar-refractivity contribution in [3.05, 3.63) is 68.1 Å². The van der Waals surface area contributed by atoms with Gasteiger partial charge in [-0.05, 0) is 44.0 Å². The van der Waals surface area contributed by atoms with Crippen molar-refractivity contribution in [2.75, 3.05) is 0 Å². The van der Waals surface area contributed by atoms with Crippen LogP contribution in [0.4, 0.5) is 13.2 Å². The number of halogens is 5. The van der Waals surface area contributed by atoms with E-state index in [9.17, 15) is 18.0 Å². The molecule has 0 amide bonds. The molecule has 2 aromatic rings. The monoisotopic (exact) mass is 406 g/mol. The third-order valence-corrected chi connectivity index (χ3v) is 4.14. The van der Waals surface area contributed by atoms with E-state index in [1.165, 1.54) is 6.07 Å². The van der Waals surface area contributed by atoms with Gasteiger partial charge in [-0.1, -0.05) is 30.3 Å². The van der Waals surface area contributed by atoms with Crippen LogP contribution in [0.3, 0.4) is 0 Å². The van der Waals surface area contributed by atoms with Gasteiger partial charge in [-0.3, -0.25) is 4.79 Å². The van der Waals surface area contributed by atoms with Crippen LogP contribution in [0.15, 0.2) is 51.4 Å². The highest BCUT2D eigenvalue weighted by molar-refractivity contribution is 9.11. The number of carbonyl (C=O) groups excluding carboxylic acids is 1. The topological polar surface area (TPSA) is 17.1 Å². The molecule has 20 heavy (non-hydrogen) atoms. The van der Waals surface area contributed by atoms with Gasteiger partial charge in [-0.15, -0.1) is 0 Å². The molecule has 104 valence electrons. The second kappa shape index (κ2) is 5.69. The second-order valence-electron chi connectivity index (χ2n) is 3.98. The molecule has 0 saturated heterocycles. The summed E-state index contributed by atoms with van der Waals surface area (Å²) in [7, 11) is 0. The minimum absolute atomic E-state index is 0.0361. The third-order valence-electron chi connectivity index (χ3n) is 2.66. The van der Waals surface area contributed by atoms with Gasteiger partial charge >= 0.3 is 6.18 Å². The molecule has 0 aliphatic heterocycles. The summed E-state index contributed by atoms with van der Waals surface area (Å²) in [6, 6.07) is 10.3. The van der Waals surface area contributed by atoms with E-state index in [2.05, 4.69) is 31.9 Å². The highest BCUT2D eigenvalue weighted by Gasteiger charge is 2.35. The van der Waals surface area contributed by atoms with Crippen LogP contribution in [-0.4, -0.2) is 5.78 Å². The molecule has 1 nitrogen and oxygen atoms in total. The number of ketones is 1. The van der Waals surface area contributed by atoms with Gasteiger partial charge in [-0.25, -0.2) is 0 Å². The molecule has 2 aromatic carbocycles. The third kappa shape index (κ3) is 2.96. The van der Waals surface area contributed by atoms with Gasteiger partial charge in [0.05, 0.1) is 11.1 Å². The zero-order chi connectivity index (χ0) is 14.9. The van der Waals surface area contributed by atoms with Crippen LogP contribution in [0.1, 0.15) is 21.5 Å². The van der Waals surface area contributed by atoms with E-state index in [4.69, 9.17) is 0 Å². The molecule has 2 rings (SSSR count). The van der Waals surface area contributed by atoms with Crippen molar-refractivity contribution >= 4 is 37.6 Å². The molecule has 0 spiro atoms. The summed E-state index contributed by atoms with van der Waals surface area (Å²) in [5, 5.41) is 0. The van der Waals surface area contributed by atoms with Crippen molar-refractivity contribution in [1.82, 2.24) is 0 Å². The van der Waals surface area contributed by atoms with Crippen LogP contribution in [0.5, 0.6) is 0 Å². The van der Waals surface area contributed by atoms with Crippen molar-refractivity contribution in [3.8, 4) is 0 Å². The van der Waals surface area contributed by atoms with E-state index in [-0.39, 0.29) is 10.0 Å². The van der Waals surface area contributed by atoms with Gasteiger partial charge in [0.25, 0.3) is 0 Å². The van der Waals surface area contributed by atoms with Crippen LogP contribution in [-0.2, 0) is 6.18 Å². The van der Waals surface area contributed by atoms with Gasteiger partial charge < -0.3 is 0 Å². The number of benzene rings is 2. The zero-order valence-corrected chi connectivity index (χ0v) is 13.0. The Morgan fingerprint density at radius 1 is 0.950 bits per heavy atom. The first kappa shape index (κ1) is 15.3. The van der Waals surface area contributed by atoms with E-state index in [1.807, 2.05) is 0 Å². The lowest BCUT2D eigenvalue weighted by molar-refractivity contribution is -0.138. The molecule has 0 unspecified atom stereocenters. The number of carbonyl (C=O) groups is 1. The number of alkyl halides is 3. The van der Waals surface area contributed by atoms with Gasteiger partial charge in [0, 0.05) is 14.5 Å². The Morgan fingerprint density at radius 3 is 2.10 bits per heavy atom. The Balaban J connectivity index is 2.60. The lowest BCUT2D eigenvalue weighted by Crippen LogP contribution is -2.11. The summed E-state index contributed by atoms with van der Waals surface area (Å²) in [6.07, 6.45) is -4.52. The Kier molecular flexibility index (Phi) is 4.34. The lowest BCUT2D eigenvalue weighted by Gasteiger charge is -2.13. The maximum Gasteiger partial charge on any atom is 0.417 e. The zero-order valence-electron chi connectivity index (χ0n) is 9.84. The van der Waals surface area contributed by atoms with Crippen molar-refractivity contribution in [2.45, 2.75) is 6.18 Å². The molecule has 0 atom stereocenters. The van der Waals surface area contributed by atoms with Crippen molar-refractivity contribution in [1.29, 1.82) is 0 Å². The number of hydrogen-bond donors (Lipinski definition) is 0. The van der Waals surface area contributed by atoms with Gasteiger partial charge in [0.2, 0.25) is 0 Å². The second-order valence-corrected chi connectivity index (χ2v) is 5.62. The molecule has 0 heterocycles. The predicted molar refractivity (Wildman–Crippen MR) is 76.7 cm³/mol. The minimum Gasteiger partial charge on any atom is -0.289 e. The maximum atomic E-state index is 12.9. The van der Waals surface area contributed by atoms with Crippen LogP contribution >= 0.6 is 31.9 Å². The molecular formula is C14H7Br2F3O. The Labute approximate surface area is 130 Å². The molecule has 0 radical (unpaired) electrons. The first-order valence-electron chi connectivity index (χ1n) is 5.47. The van der Waals surface area contributed by atoms with E-state index < -0.39 is 17.5 Å². The summed E-state index contributed by atoms with van der Waals surface area (Å²) in [5.74, 6) is -0.476. The van der Waals surface area contributed by atoms with E-state index >= 15 is 0 Å². The van der Waals surface area contributed by atoms with Gasteiger partial charge in [0.15, 0.2) is 5.78 Å². The van der Waals surface area contributed by atoms with Crippen molar-refractivity contribution in [2.24, 2.45) is 0 Å². The maximum absolute atomic E-state index is 12.9. The van der Waals surface area contributed by atoms with Crippen molar-refractivity contribution < 1.29 is 18.0 Å². The summed E-state index contributed by atoms with van der Waals surface area (Å²) >= 11 is 6.02. The van der Waals surface area contributed by atoms with Gasteiger partial charge in [0.1, 0.15) is 0 Å². The van der Waals surface area contributed by atoms with Crippen molar-refractivity contribution in [3.63, 3.8) is 0 Å². The molecule has 0 fully saturated rings. The Bertz CT molecular complexity index is 651. The first-order valence-corrected chi connectivity index (χ1v) is 7.06. The fourth-order valence-electron chi connectivity index (χ4n) is 1.71. The van der Waals surface area contributed by atoms with Gasteiger partial charge in [-0.2, -0.15) is 13.2 Å². The molecule has 0 aliphatic carbocycles. The fourth-order valence-corrected chi connectivity index (χ4v) is 3.24. The normalized spacial score (nSPS) is 11.4. The van der Waals surface area contributed by atoms with E-state index in [0.717, 1.165) is 6.07 Å². The quantitative estimate of drug-likeness (QED) is 0.604. The predicted octanol–water partition coefficient (Wildman–Crippen LogP) is 5.46. The van der Waals surface area contributed by atoms with Crippen LogP contribution in [0.2, 0.25) is 0 Å². The number of hydrogen-bond acceptors (Lipinski definition) is 1. The summed E-state index contributed by atoms with van der Waals surface area (Å²) in [6.45, 7) is 0. The highest BCUT2D eigenvalue weighted by Crippen LogP contribution is 2.39. The molecule has 0 aliphatic rings. The lowest BCUT2D eigenvalue weighted by atomic mass is 10.0. The average Bonchev–Trinajstić information content (AvgIpc) is 2.38.